The maximum absolute atomic E-state index is 14.1. The highest BCUT2D eigenvalue weighted by Crippen LogP contribution is 2.39. The molecule has 0 amide bonds. The van der Waals surface area contributed by atoms with Crippen molar-refractivity contribution in [3.05, 3.63) is 156 Å². The van der Waals surface area contributed by atoms with E-state index in [0.29, 0.717) is 76.8 Å². The SMILES string of the molecule is C=CC(=O)OCCCCCCOc1ccc(C(=O)Oc2ccc(C3=CC=C3C(=O)c3ccc(OCCCCCCOC(=O)C=C)cc3)c(/C(=N/Nc3nc4ccccc4s3)C(C)(C)C)c2)cc1.CC. The number of esters is 3. The number of thiazole rings is 1. The lowest BCUT2D eigenvalue weighted by atomic mass is 9.78. The van der Waals surface area contributed by atoms with Crippen molar-refractivity contribution in [1.29, 1.82) is 0 Å². The predicted molar refractivity (Wildman–Crippen MR) is 275 cm³/mol. The highest BCUT2D eigenvalue weighted by Gasteiger charge is 2.30. The number of hydrogen-bond acceptors (Lipinski definition) is 13. The number of anilines is 1. The van der Waals surface area contributed by atoms with E-state index in [1.165, 1.54) is 11.3 Å². The molecule has 0 spiro atoms. The average molecular weight is 954 g/mol. The highest BCUT2D eigenvalue weighted by atomic mass is 32.1. The molecule has 13 heteroatoms. The molecule has 4 aromatic carbocycles. The number of nitrogens with one attached hydrogen (secondary N) is 1. The summed E-state index contributed by atoms with van der Waals surface area (Å²) in [4.78, 5) is 54.7. The lowest BCUT2D eigenvalue weighted by Gasteiger charge is -2.27. The zero-order chi connectivity index (χ0) is 49.6. The van der Waals surface area contributed by atoms with Crippen LogP contribution in [-0.4, -0.2) is 60.8 Å². The molecule has 0 bridgehead atoms. The van der Waals surface area contributed by atoms with Gasteiger partial charge < -0.3 is 23.7 Å². The molecular weight excluding hydrogens is 891 g/mol. The minimum atomic E-state index is -0.543. The Morgan fingerprint density at radius 2 is 1.20 bits per heavy atom. The van der Waals surface area contributed by atoms with Gasteiger partial charge in [-0.05, 0) is 147 Å². The van der Waals surface area contributed by atoms with E-state index in [4.69, 9.17) is 33.8 Å². The molecule has 0 fully saturated rings. The minimum Gasteiger partial charge on any atom is -0.494 e. The number of Topliss-reactive ketones (excluding diaryl/α,β-unsaturated/α-hetero) is 1. The zero-order valence-corrected chi connectivity index (χ0v) is 41.2. The van der Waals surface area contributed by atoms with Gasteiger partial charge in [-0.25, -0.2) is 19.4 Å². The number of carbonyl (C=O) groups excluding carboxylic acids is 4. The number of aromatic nitrogens is 1. The van der Waals surface area contributed by atoms with E-state index in [1.54, 1.807) is 60.7 Å². The molecule has 0 radical (unpaired) electrons. The van der Waals surface area contributed by atoms with Crippen LogP contribution in [0.15, 0.2) is 139 Å². The third-order valence-electron chi connectivity index (χ3n) is 10.6. The number of fused-ring (bicyclic) bond motifs is 1. The Morgan fingerprint density at radius 3 is 1.72 bits per heavy atom. The summed E-state index contributed by atoms with van der Waals surface area (Å²) in [5.74, 6) is 0.112. The van der Waals surface area contributed by atoms with Crippen LogP contribution in [0.4, 0.5) is 5.13 Å². The molecule has 1 aliphatic rings. The van der Waals surface area contributed by atoms with Gasteiger partial charge in [0, 0.05) is 34.3 Å². The van der Waals surface area contributed by atoms with Crippen molar-refractivity contribution >= 4 is 61.7 Å². The quantitative estimate of drug-likeness (QED) is 0.0107. The Bertz CT molecular complexity index is 2600. The summed E-state index contributed by atoms with van der Waals surface area (Å²) in [6.45, 7) is 18.7. The fraction of sp³-hybridized carbons (Fsp3) is 0.321. The second kappa shape index (κ2) is 27.0. The van der Waals surface area contributed by atoms with Crippen molar-refractivity contribution in [2.75, 3.05) is 31.9 Å². The van der Waals surface area contributed by atoms with Crippen LogP contribution in [0.5, 0.6) is 17.2 Å². The summed E-state index contributed by atoms with van der Waals surface area (Å²) in [5, 5.41) is 5.57. The van der Waals surface area contributed by atoms with E-state index in [2.05, 4.69) is 18.6 Å². The molecule has 0 saturated carbocycles. The molecule has 69 heavy (non-hydrogen) atoms. The first-order valence-corrected chi connectivity index (χ1v) is 24.3. The second-order valence-electron chi connectivity index (χ2n) is 16.7. The number of allylic oxidation sites excluding steroid dienone is 4. The maximum atomic E-state index is 14.1. The Balaban J connectivity index is 0.00000438. The molecular formula is C56H63N3O9S. The largest absolute Gasteiger partial charge is 0.494 e. The molecule has 1 N–H and O–H groups in total. The molecule has 6 rings (SSSR count). The molecule has 1 aromatic heterocycles. The van der Waals surface area contributed by atoms with Crippen molar-refractivity contribution in [2.24, 2.45) is 10.5 Å². The minimum absolute atomic E-state index is 0.138. The third kappa shape index (κ3) is 16.0. The van der Waals surface area contributed by atoms with Gasteiger partial charge in [-0.1, -0.05) is 77.3 Å². The summed E-state index contributed by atoms with van der Waals surface area (Å²) in [6, 6.07) is 27.2. The van der Waals surface area contributed by atoms with Crippen LogP contribution >= 0.6 is 11.3 Å². The van der Waals surface area contributed by atoms with Gasteiger partial charge in [0.1, 0.15) is 17.2 Å². The number of hydrogen-bond donors (Lipinski definition) is 1. The summed E-state index contributed by atoms with van der Waals surface area (Å²) in [5.41, 5.74) is 7.77. The van der Waals surface area contributed by atoms with Crippen LogP contribution in [0, 0.1) is 5.41 Å². The number of benzene rings is 4. The van der Waals surface area contributed by atoms with Crippen LogP contribution in [-0.2, 0) is 19.1 Å². The molecule has 1 aliphatic carbocycles. The van der Waals surface area contributed by atoms with E-state index in [0.717, 1.165) is 84.9 Å². The number of ketones is 1. The van der Waals surface area contributed by atoms with Gasteiger partial charge in [-0.2, -0.15) is 5.10 Å². The molecule has 0 unspecified atom stereocenters. The molecule has 0 aliphatic heterocycles. The number of nitrogens with zero attached hydrogens (tertiary/aromatic N) is 2. The molecule has 0 atom stereocenters. The van der Waals surface area contributed by atoms with Gasteiger partial charge in [-0.3, -0.25) is 10.2 Å². The van der Waals surface area contributed by atoms with Crippen molar-refractivity contribution < 1.29 is 42.9 Å². The van der Waals surface area contributed by atoms with Gasteiger partial charge in [0.25, 0.3) is 0 Å². The van der Waals surface area contributed by atoms with Gasteiger partial charge in [0.2, 0.25) is 5.13 Å². The Hall–Kier alpha value is -7.12. The number of hydrazone groups is 1. The van der Waals surface area contributed by atoms with Crippen molar-refractivity contribution in [1.82, 2.24) is 4.98 Å². The predicted octanol–water partition coefficient (Wildman–Crippen LogP) is 12.9. The van der Waals surface area contributed by atoms with Crippen LogP contribution in [0.1, 0.15) is 118 Å². The summed E-state index contributed by atoms with van der Waals surface area (Å²) in [6.07, 6.45) is 13.0. The first kappa shape index (κ1) is 52.8. The Labute approximate surface area is 409 Å². The third-order valence-corrected chi connectivity index (χ3v) is 11.6. The van der Waals surface area contributed by atoms with Crippen molar-refractivity contribution in [3.63, 3.8) is 0 Å². The summed E-state index contributed by atoms with van der Waals surface area (Å²) >= 11 is 1.49. The van der Waals surface area contributed by atoms with Crippen LogP contribution in [0.3, 0.4) is 0 Å². The van der Waals surface area contributed by atoms with E-state index >= 15 is 0 Å². The normalized spacial score (nSPS) is 12.0. The van der Waals surface area contributed by atoms with Gasteiger partial charge in [0.05, 0.1) is 47.9 Å². The van der Waals surface area contributed by atoms with Crippen molar-refractivity contribution in [3.8, 4) is 17.2 Å². The second-order valence-corrected chi connectivity index (χ2v) is 17.7. The topological polar surface area (TPSA) is 152 Å². The van der Waals surface area contributed by atoms with E-state index in [1.807, 2.05) is 77.1 Å². The molecule has 12 nitrogen and oxygen atoms in total. The van der Waals surface area contributed by atoms with E-state index < -0.39 is 23.3 Å². The zero-order valence-electron chi connectivity index (χ0n) is 40.3. The molecule has 5 aromatic rings. The fourth-order valence-electron chi connectivity index (χ4n) is 7.03. The number of unbranched alkanes of at least 4 members (excludes halogenated alkanes) is 6. The lowest BCUT2D eigenvalue weighted by Crippen LogP contribution is -2.25. The monoisotopic (exact) mass is 953 g/mol. The maximum Gasteiger partial charge on any atom is 0.343 e. The first-order chi connectivity index (χ1) is 33.4. The highest BCUT2D eigenvalue weighted by molar-refractivity contribution is 7.22. The summed E-state index contributed by atoms with van der Waals surface area (Å²) < 4.78 is 28.9. The lowest BCUT2D eigenvalue weighted by molar-refractivity contribution is -0.138. The first-order valence-electron chi connectivity index (χ1n) is 23.5. The van der Waals surface area contributed by atoms with Crippen LogP contribution in [0.2, 0.25) is 0 Å². The smallest absolute Gasteiger partial charge is 0.343 e. The molecule has 0 saturated heterocycles. The van der Waals surface area contributed by atoms with Gasteiger partial charge >= 0.3 is 17.9 Å². The number of para-hydroxylation sites is 1. The van der Waals surface area contributed by atoms with Crippen molar-refractivity contribution in [2.45, 2.75) is 86.0 Å². The molecule has 1 heterocycles. The number of ether oxygens (including phenoxy) is 5. The number of rotatable bonds is 26. The molecule has 362 valence electrons. The Morgan fingerprint density at radius 1 is 0.667 bits per heavy atom. The Kier molecular flexibility index (Phi) is 20.7. The van der Waals surface area contributed by atoms with Gasteiger partial charge in [0.15, 0.2) is 5.78 Å². The standard InChI is InChI=1S/C54H57N3O9S.C2H6/c1-6-48(58)64-34-16-10-8-14-32-62-39-24-20-37(21-25-39)50(60)44-31-30-42(44)43-29-28-41(36-45(43)51(54(3,4)5)56-57-53-55-46-18-12-13-19-47(46)67-53)66-52(61)38-22-26-40(27-23-38)63-33-15-9-11-17-35-65-49(59)7-2;1-2/h6-7,12-13,18-31,36H,1-2,8-11,14-17,32-35H2,3-5H3,(H,55,57);1-2H3/b56-51-;. The summed E-state index contributed by atoms with van der Waals surface area (Å²) in [7, 11) is 0. The van der Waals surface area contributed by atoms with Crippen LogP contribution < -0.4 is 19.6 Å². The van der Waals surface area contributed by atoms with E-state index in [-0.39, 0.29) is 5.78 Å². The fourth-order valence-corrected chi connectivity index (χ4v) is 7.83. The van der Waals surface area contributed by atoms with E-state index in [9.17, 15) is 19.2 Å². The number of carbonyl (C=O) groups is 4. The van der Waals surface area contributed by atoms with Crippen LogP contribution in [0.25, 0.3) is 15.8 Å². The average Bonchev–Trinajstić information content (AvgIpc) is 3.77. The van der Waals surface area contributed by atoms with Gasteiger partial charge in [-0.15, -0.1) is 0 Å².